The van der Waals surface area contributed by atoms with Crippen LogP contribution in [0.3, 0.4) is 0 Å². The van der Waals surface area contributed by atoms with Gasteiger partial charge in [-0.15, -0.1) is 24.0 Å². The quantitative estimate of drug-likeness (QED) is 0.378. The summed E-state index contributed by atoms with van der Waals surface area (Å²) in [6.45, 7) is 5.04. The molecular weight excluding hydrogens is 429 g/mol. The number of nitrogens with one attached hydrogen (secondary N) is 1. The first-order valence-electron chi connectivity index (χ1n) is 7.96. The summed E-state index contributed by atoms with van der Waals surface area (Å²) in [4.78, 5) is 4.38. The molecule has 0 aliphatic carbocycles. The molecule has 136 valence electrons. The monoisotopic (exact) mass is 455 g/mol. The van der Waals surface area contributed by atoms with Gasteiger partial charge < -0.3 is 20.5 Å². The number of methoxy groups -OCH3 is 1. The Morgan fingerprint density at radius 3 is 2.68 bits per heavy atom. The summed E-state index contributed by atoms with van der Waals surface area (Å²) in [5, 5.41) is 3.09. The van der Waals surface area contributed by atoms with Crippen molar-refractivity contribution in [3.05, 3.63) is 59.7 Å². The topological polar surface area (TPSA) is 68.9 Å². The van der Waals surface area contributed by atoms with Crippen LogP contribution < -0.4 is 15.8 Å². The standard InChI is InChI=1S/C19H25N3O2.HI/c1-14-7-6-9-17(11-14)24-18-10-5-4-8-16(18)12-21-19(20)22-15(2)13-23-3;/h4-11,15H,12-13H2,1-3H3,(H3,20,21,22);1H. The fourth-order valence-electron chi connectivity index (χ4n) is 2.30. The highest BCUT2D eigenvalue weighted by Crippen LogP contribution is 2.26. The smallest absolute Gasteiger partial charge is 0.189 e. The number of nitrogens with zero attached hydrogens (tertiary/aromatic N) is 1. The van der Waals surface area contributed by atoms with E-state index in [1.54, 1.807) is 7.11 Å². The molecule has 0 saturated carbocycles. The maximum atomic E-state index is 5.99. The van der Waals surface area contributed by atoms with Gasteiger partial charge in [0.2, 0.25) is 0 Å². The van der Waals surface area contributed by atoms with Crippen molar-refractivity contribution in [1.82, 2.24) is 5.32 Å². The zero-order valence-electron chi connectivity index (χ0n) is 14.9. The maximum Gasteiger partial charge on any atom is 0.189 e. The van der Waals surface area contributed by atoms with Crippen molar-refractivity contribution in [2.24, 2.45) is 10.7 Å². The fraction of sp³-hybridized carbons (Fsp3) is 0.316. The molecule has 1 atom stereocenters. The van der Waals surface area contributed by atoms with E-state index >= 15 is 0 Å². The van der Waals surface area contributed by atoms with Crippen LogP contribution in [0.25, 0.3) is 0 Å². The van der Waals surface area contributed by atoms with Gasteiger partial charge in [0.1, 0.15) is 11.5 Å². The van der Waals surface area contributed by atoms with E-state index in [0.717, 1.165) is 22.6 Å². The van der Waals surface area contributed by atoms with Crippen LogP contribution in [0.4, 0.5) is 0 Å². The van der Waals surface area contributed by atoms with Crippen molar-refractivity contribution in [2.75, 3.05) is 13.7 Å². The summed E-state index contributed by atoms with van der Waals surface area (Å²) in [5.41, 5.74) is 8.05. The Kier molecular flexibility index (Phi) is 9.30. The zero-order chi connectivity index (χ0) is 17.4. The lowest BCUT2D eigenvalue weighted by Crippen LogP contribution is -2.40. The van der Waals surface area contributed by atoms with Crippen LogP contribution in [0.5, 0.6) is 11.5 Å². The number of halogens is 1. The second-order valence-corrected chi connectivity index (χ2v) is 5.73. The Morgan fingerprint density at radius 2 is 1.96 bits per heavy atom. The number of nitrogens with two attached hydrogens (primary N) is 1. The molecule has 0 aliphatic heterocycles. The van der Waals surface area contributed by atoms with Crippen LogP contribution >= 0.6 is 24.0 Å². The molecule has 0 radical (unpaired) electrons. The van der Waals surface area contributed by atoms with Crippen LogP contribution in [-0.4, -0.2) is 25.7 Å². The maximum absolute atomic E-state index is 5.99. The van der Waals surface area contributed by atoms with Gasteiger partial charge in [0.15, 0.2) is 5.96 Å². The molecule has 0 bridgehead atoms. The van der Waals surface area contributed by atoms with E-state index in [1.165, 1.54) is 0 Å². The lowest BCUT2D eigenvalue weighted by atomic mass is 10.2. The van der Waals surface area contributed by atoms with Crippen molar-refractivity contribution in [2.45, 2.75) is 26.4 Å². The summed E-state index contributed by atoms with van der Waals surface area (Å²) in [5.74, 6) is 1.99. The van der Waals surface area contributed by atoms with Crippen molar-refractivity contribution in [3.8, 4) is 11.5 Å². The van der Waals surface area contributed by atoms with Gasteiger partial charge in [0.05, 0.1) is 13.2 Å². The number of ether oxygens (including phenoxy) is 2. The molecule has 0 aliphatic rings. The molecule has 0 amide bonds. The third-order valence-electron chi connectivity index (χ3n) is 3.42. The highest BCUT2D eigenvalue weighted by atomic mass is 127. The van der Waals surface area contributed by atoms with Crippen LogP contribution in [-0.2, 0) is 11.3 Å². The third kappa shape index (κ3) is 7.31. The van der Waals surface area contributed by atoms with E-state index in [1.807, 2.05) is 62.4 Å². The SMILES string of the molecule is COCC(C)NC(N)=NCc1ccccc1Oc1cccc(C)c1.I. The van der Waals surface area contributed by atoms with Gasteiger partial charge in [-0.25, -0.2) is 4.99 Å². The number of guanidine groups is 1. The van der Waals surface area contributed by atoms with E-state index in [-0.39, 0.29) is 30.0 Å². The van der Waals surface area contributed by atoms with Gasteiger partial charge in [-0.1, -0.05) is 30.3 Å². The first-order chi connectivity index (χ1) is 11.6. The Balaban J connectivity index is 0.00000312. The van der Waals surface area contributed by atoms with E-state index in [0.29, 0.717) is 19.1 Å². The summed E-state index contributed by atoms with van der Waals surface area (Å²) in [6.07, 6.45) is 0. The molecule has 5 nitrogen and oxygen atoms in total. The average molecular weight is 455 g/mol. The molecule has 6 heteroatoms. The number of rotatable bonds is 7. The highest BCUT2D eigenvalue weighted by Gasteiger charge is 2.06. The summed E-state index contributed by atoms with van der Waals surface area (Å²) in [6, 6.07) is 15.9. The minimum absolute atomic E-state index is 0. The molecule has 0 heterocycles. The molecule has 0 saturated heterocycles. The summed E-state index contributed by atoms with van der Waals surface area (Å²) >= 11 is 0. The van der Waals surface area contributed by atoms with Gasteiger partial charge in [-0.05, 0) is 37.6 Å². The van der Waals surface area contributed by atoms with Crippen molar-refractivity contribution >= 4 is 29.9 Å². The third-order valence-corrected chi connectivity index (χ3v) is 3.42. The molecule has 0 aromatic heterocycles. The molecule has 2 aromatic carbocycles. The van der Waals surface area contributed by atoms with Crippen molar-refractivity contribution < 1.29 is 9.47 Å². The largest absolute Gasteiger partial charge is 0.457 e. The average Bonchev–Trinajstić information content (AvgIpc) is 2.54. The predicted octanol–water partition coefficient (Wildman–Crippen LogP) is 3.84. The minimum Gasteiger partial charge on any atom is -0.457 e. The lowest BCUT2D eigenvalue weighted by molar-refractivity contribution is 0.179. The number of hydrogen-bond acceptors (Lipinski definition) is 3. The van der Waals surface area contributed by atoms with E-state index in [2.05, 4.69) is 10.3 Å². The number of benzene rings is 2. The molecule has 1 unspecified atom stereocenters. The van der Waals surface area contributed by atoms with Crippen molar-refractivity contribution in [1.29, 1.82) is 0 Å². The van der Waals surface area contributed by atoms with Gasteiger partial charge in [-0.2, -0.15) is 0 Å². The van der Waals surface area contributed by atoms with E-state index in [9.17, 15) is 0 Å². The number of para-hydroxylation sites is 1. The minimum atomic E-state index is 0. The van der Waals surface area contributed by atoms with E-state index < -0.39 is 0 Å². The summed E-state index contributed by atoms with van der Waals surface area (Å²) in [7, 11) is 1.66. The van der Waals surface area contributed by atoms with Crippen LogP contribution in [0, 0.1) is 6.92 Å². The first kappa shape index (κ1) is 21.2. The number of hydrogen-bond donors (Lipinski definition) is 2. The highest BCUT2D eigenvalue weighted by molar-refractivity contribution is 14.0. The normalized spacial score (nSPS) is 12.2. The number of aliphatic imine (C=N–C) groups is 1. The Labute approximate surface area is 166 Å². The van der Waals surface area contributed by atoms with Crippen LogP contribution in [0.15, 0.2) is 53.5 Å². The predicted molar refractivity (Wildman–Crippen MR) is 113 cm³/mol. The Morgan fingerprint density at radius 1 is 1.20 bits per heavy atom. The van der Waals surface area contributed by atoms with Crippen molar-refractivity contribution in [3.63, 3.8) is 0 Å². The van der Waals surface area contributed by atoms with Gasteiger partial charge in [0, 0.05) is 18.7 Å². The first-order valence-corrected chi connectivity index (χ1v) is 7.96. The van der Waals surface area contributed by atoms with Gasteiger partial charge in [-0.3, -0.25) is 0 Å². The second kappa shape index (κ2) is 10.9. The van der Waals surface area contributed by atoms with E-state index in [4.69, 9.17) is 15.2 Å². The van der Waals surface area contributed by atoms with Crippen LogP contribution in [0.1, 0.15) is 18.1 Å². The molecule has 3 N–H and O–H groups in total. The van der Waals surface area contributed by atoms with Gasteiger partial charge in [0.25, 0.3) is 0 Å². The van der Waals surface area contributed by atoms with Crippen LogP contribution in [0.2, 0.25) is 0 Å². The molecule has 0 fully saturated rings. The van der Waals surface area contributed by atoms with Gasteiger partial charge >= 0.3 is 0 Å². The number of aryl methyl sites for hydroxylation is 1. The molecule has 2 aromatic rings. The zero-order valence-corrected chi connectivity index (χ0v) is 17.2. The molecule has 0 spiro atoms. The Bertz CT molecular complexity index is 692. The summed E-state index contributed by atoms with van der Waals surface area (Å²) < 4.78 is 11.1. The lowest BCUT2D eigenvalue weighted by Gasteiger charge is -2.14. The molecule has 2 rings (SSSR count). The molecular formula is C19H26IN3O2. The Hall–Kier alpha value is -1.80. The second-order valence-electron chi connectivity index (χ2n) is 5.73. The molecule has 25 heavy (non-hydrogen) atoms. The fourth-order valence-corrected chi connectivity index (χ4v) is 2.30.